The second-order valence-corrected chi connectivity index (χ2v) is 14.8. The zero-order chi connectivity index (χ0) is 32.6. The van der Waals surface area contributed by atoms with Crippen LogP contribution >= 0.6 is 22.9 Å². The molecule has 0 aliphatic carbocycles. The topological polar surface area (TPSA) is 101 Å². The molecule has 3 fully saturated rings. The summed E-state index contributed by atoms with van der Waals surface area (Å²) >= 11 is 8.01. The molecule has 8 nitrogen and oxygen atoms in total. The molecule has 13 heteroatoms. The number of benzene rings is 2. The molecule has 4 aliphatic rings. The molecule has 8 rings (SSSR count). The molecule has 0 spiro atoms. The number of nitrogens with zero attached hydrogens (tertiary/aromatic N) is 5. The Kier molecular flexibility index (Phi) is 7.57. The van der Waals surface area contributed by atoms with Crippen molar-refractivity contribution in [1.82, 2.24) is 14.9 Å². The van der Waals surface area contributed by atoms with E-state index >= 15 is 8.78 Å². The molecule has 0 amide bonds. The number of hydrogen-bond donors (Lipinski definition) is 1. The van der Waals surface area contributed by atoms with Gasteiger partial charge in [-0.2, -0.15) is 15.2 Å². The van der Waals surface area contributed by atoms with Gasteiger partial charge >= 0.3 is 6.01 Å². The standard InChI is InChI=1S/C34H34ClF3N6O2S/c1-17-5-2-3-11-44-22(17)8-12-45-29-25-28(41-33(42-32(25)44)46-16-34-9-4-10-43(34)15-18(36)13-34)27(38)24(26(29)35)19-6-7-21(37)30-23(19)20(14-39)31(40)47-30/h6-7,17-18,22H,2-5,8-13,15-16,40H2,1H3/t17?,18-,22?,34?/m1/s1. The van der Waals surface area contributed by atoms with E-state index in [-0.39, 0.29) is 66.7 Å². The van der Waals surface area contributed by atoms with E-state index in [0.29, 0.717) is 49.7 Å². The minimum Gasteiger partial charge on any atom is -0.491 e. The predicted octanol–water partition coefficient (Wildman–Crippen LogP) is 7.63. The molecular weight excluding hydrogens is 649 g/mol. The monoisotopic (exact) mass is 682 g/mol. The Labute approximate surface area is 279 Å². The minimum absolute atomic E-state index is 0.00729. The van der Waals surface area contributed by atoms with Crippen molar-refractivity contribution in [2.45, 2.75) is 69.6 Å². The molecule has 2 aromatic carbocycles. The Morgan fingerprint density at radius 3 is 2.87 bits per heavy atom. The average molecular weight is 683 g/mol. The van der Waals surface area contributed by atoms with Crippen molar-refractivity contribution in [1.29, 1.82) is 5.26 Å². The molecule has 4 aromatic rings. The van der Waals surface area contributed by atoms with Gasteiger partial charge in [-0.05, 0) is 49.8 Å². The van der Waals surface area contributed by atoms with Crippen LogP contribution in [0.1, 0.15) is 57.4 Å². The van der Waals surface area contributed by atoms with Crippen LogP contribution in [-0.2, 0) is 0 Å². The molecular formula is C34H34ClF3N6O2S. The lowest BCUT2D eigenvalue weighted by Crippen LogP contribution is -2.44. The molecule has 0 saturated carbocycles. The van der Waals surface area contributed by atoms with E-state index in [1.807, 2.05) is 0 Å². The molecule has 0 radical (unpaired) electrons. The number of halogens is 4. The highest BCUT2D eigenvalue weighted by Crippen LogP contribution is 2.51. The van der Waals surface area contributed by atoms with E-state index in [1.165, 1.54) is 12.1 Å². The number of hydrogen-bond acceptors (Lipinski definition) is 9. The van der Waals surface area contributed by atoms with Crippen LogP contribution < -0.4 is 20.1 Å². The molecule has 0 bridgehead atoms. The fraction of sp³-hybridized carbons (Fsp3) is 0.500. The molecule has 246 valence electrons. The molecule has 3 saturated heterocycles. The fourth-order valence-corrected chi connectivity index (χ4v) is 9.72. The van der Waals surface area contributed by atoms with Gasteiger partial charge in [-0.15, -0.1) is 11.3 Å². The Morgan fingerprint density at radius 2 is 2.04 bits per heavy atom. The number of nitrogen functional groups attached to an aromatic ring is 1. The van der Waals surface area contributed by atoms with Gasteiger partial charge in [0.15, 0.2) is 11.6 Å². The number of nitriles is 1. The summed E-state index contributed by atoms with van der Waals surface area (Å²) < 4.78 is 59.6. The summed E-state index contributed by atoms with van der Waals surface area (Å²) in [5.41, 5.74) is 5.81. The van der Waals surface area contributed by atoms with E-state index in [0.717, 1.165) is 50.0 Å². The molecule has 4 aliphatic heterocycles. The summed E-state index contributed by atoms with van der Waals surface area (Å²) in [6.45, 7) is 4.63. The molecule has 2 N–H and O–H groups in total. The van der Waals surface area contributed by atoms with E-state index in [9.17, 15) is 9.65 Å². The van der Waals surface area contributed by atoms with Crippen LogP contribution in [0.2, 0.25) is 5.02 Å². The molecule has 4 atom stereocenters. The summed E-state index contributed by atoms with van der Waals surface area (Å²) in [6, 6.07) is 4.76. The molecule has 3 unspecified atom stereocenters. The predicted molar refractivity (Wildman–Crippen MR) is 177 cm³/mol. The van der Waals surface area contributed by atoms with Crippen molar-refractivity contribution in [2.75, 3.05) is 43.5 Å². The zero-order valence-corrected chi connectivity index (χ0v) is 27.5. The van der Waals surface area contributed by atoms with Crippen LogP contribution in [0.25, 0.3) is 32.1 Å². The maximum absolute atomic E-state index is 17.2. The molecule has 2 aromatic heterocycles. The average Bonchev–Trinajstić information content (AvgIpc) is 3.64. The highest BCUT2D eigenvalue weighted by atomic mass is 35.5. The van der Waals surface area contributed by atoms with Crippen LogP contribution in [0.4, 0.5) is 24.0 Å². The van der Waals surface area contributed by atoms with Gasteiger partial charge in [0.2, 0.25) is 0 Å². The minimum atomic E-state index is -0.928. The van der Waals surface area contributed by atoms with E-state index < -0.39 is 23.3 Å². The Morgan fingerprint density at radius 1 is 1.19 bits per heavy atom. The highest BCUT2D eigenvalue weighted by molar-refractivity contribution is 7.23. The van der Waals surface area contributed by atoms with Crippen LogP contribution in [0.3, 0.4) is 0 Å². The van der Waals surface area contributed by atoms with Gasteiger partial charge in [-0.25, -0.2) is 13.2 Å². The third-order valence-corrected chi connectivity index (χ3v) is 12.1. The van der Waals surface area contributed by atoms with Crippen molar-refractivity contribution in [3.63, 3.8) is 0 Å². The number of anilines is 2. The van der Waals surface area contributed by atoms with Gasteiger partial charge in [0.1, 0.15) is 41.0 Å². The summed E-state index contributed by atoms with van der Waals surface area (Å²) in [4.78, 5) is 14.0. The largest absolute Gasteiger partial charge is 0.491 e. The van der Waals surface area contributed by atoms with Crippen LogP contribution in [0.15, 0.2) is 12.1 Å². The highest BCUT2D eigenvalue weighted by Gasteiger charge is 2.49. The number of aromatic nitrogens is 2. The second-order valence-electron chi connectivity index (χ2n) is 13.4. The number of nitrogens with two attached hydrogens (primary N) is 1. The normalized spacial score (nSPS) is 26.0. The first-order chi connectivity index (χ1) is 22.7. The van der Waals surface area contributed by atoms with Gasteiger partial charge in [0.05, 0.1) is 32.8 Å². The van der Waals surface area contributed by atoms with E-state index in [1.54, 1.807) is 0 Å². The molecule has 47 heavy (non-hydrogen) atoms. The van der Waals surface area contributed by atoms with Crippen molar-refractivity contribution in [3.05, 3.63) is 34.4 Å². The third-order valence-electron chi connectivity index (χ3n) is 10.7. The number of ether oxygens (including phenoxy) is 2. The van der Waals surface area contributed by atoms with Crippen molar-refractivity contribution in [3.8, 4) is 29.0 Å². The quantitative estimate of drug-likeness (QED) is 0.235. The van der Waals surface area contributed by atoms with E-state index in [2.05, 4.69) is 27.8 Å². The first-order valence-corrected chi connectivity index (χ1v) is 17.4. The fourth-order valence-electron chi connectivity index (χ4n) is 8.43. The lowest BCUT2D eigenvalue weighted by molar-refractivity contribution is 0.107. The van der Waals surface area contributed by atoms with Crippen molar-refractivity contribution < 1.29 is 22.6 Å². The first-order valence-electron chi connectivity index (χ1n) is 16.3. The smallest absolute Gasteiger partial charge is 0.319 e. The van der Waals surface area contributed by atoms with Gasteiger partial charge in [0, 0.05) is 42.9 Å². The van der Waals surface area contributed by atoms with Crippen LogP contribution in [0, 0.1) is 28.9 Å². The second kappa shape index (κ2) is 11.6. The lowest BCUT2D eigenvalue weighted by Gasteiger charge is -2.37. The van der Waals surface area contributed by atoms with Gasteiger partial charge < -0.3 is 20.1 Å². The lowest BCUT2D eigenvalue weighted by atomic mass is 9.93. The first kappa shape index (κ1) is 30.8. The number of fused-ring (bicyclic) bond motifs is 4. The van der Waals surface area contributed by atoms with Gasteiger partial charge in [-0.1, -0.05) is 31.0 Å². The SMILES string of the molecule is CC1CCCCN2c3nc(OCC45CCCN4C[C@H](F)C5)nc4c(F)c(-c5ccc(F)c6sc(N)c(C#N)c56)c(Cl)c(c34)OCCC12. The Balaban J connectivity index is 1.36. The summed E-state index contributed by atoms with van der Waals surface area (Å²) in [5.74, 6) is -0.287. The number of rotatable bonds is 4. The molecule has 6 heterocycles. The summed E-state index contributed by atoms with van der Waals surface area (Å²) in [5, 5.41) is 10.6. The van der Waals surface area contributed by atoms with E-state index in [4.69, 9.17) is 31.8 Å². The Hall–Kier alpha value is -3.53. The summed E-state index contributed by atoms with van der Waals surface area (Å²) in [6.07, 6.45) is 4.94. The summed E-state index contributed by atoms with van der Waals surface area (Å²) in [7, 11) is 0. The van der Waals surface area contributed by atoms with Gasteiger partial charge in [-0.3, -0.25) is 4.90 Å². The van der Waals surface area contributed by atoms with Crippen LogP contribution in [-0.4, -0.2) is 65.5 Å². The number of thiophene rings is 1. The number of alkyl halides is 1. The maximum atomic E-state index is 17.2. The Bertz CT molecular complexity index is 1970. The zero-order valence-electron chi connectivity index (χ0n) is 25.9. The third kappa shape index (κ3) is 4.79. The van der Waals surface area contributed by atoms with Crippen molar-refractivity contribution in [2.24, 2.45) is 5.92 Å². The van der Waals surface area contributed by atoms with Gasteiger partial charge in [0.25, 0.3) is 0 Å². The maximum Gasteiger partial charge on any atom is 0.319 e. The van der Waals surface area contributed by atoms with Crippen molar-refractivity contribution >= 4 is 54.7 Å². The van der Waals surface area contributed by atoms with Crippen LogP contribution in [0.5, 0.6) is 11.8 Å².